The van der Waals surface area contributed by atoms with Crippen LogP contribution in [0, 0.1) is 5.92 Å². The Morgan fingerprint density at radius 3 is 2.24 bits per heavy atom. The predicted molar refractivity (Wildman–Crippen MR) is 99.6 cm³/mol. The first-order valence-electron chi connectivity index (χ1n) is 9.02. The monoisotopic (exact) mass is 363 g/mol. The smallest absolute Gasteiger partial charge is 0.314 e. The molecule has 0 spiro atoms. The molecule has 0 fully saturated rings. The van der Waals surface area contributed by atoms with Gasteiger partial charge in [-0.15, -0.1) is 0 Å². The molecule has 0 bridgehead atoms. The second kappa shape index (κ2) is 9.21. The summed E-state index contributed by atoms with van der Waals surface area (Å²) in [7, 11) is 0. The molecule has 1 atom stereocenters. The van der Waals surface area contributed by atoms with Crippen molar-refractivity contribution in [2.45, 2.75) is 39.5 Å². The molecule has 2 aromatic rings. The Hall–Kier alpha value is -1.58. The summed E-state index contributed by atoms with van der Waals surface area (Å²) < 4.78 is 0. The Bertz CT molecular complexity index is 692. The molecule has 0 aliphatic heterocycles. The van der Waals surface area contributed by atoms with Crippen LogP contribution in [0.2, 0.25) is 0 Å². The van der Waals surface area contributed by atoms with Crippen molar-refractivity contribution in [3.63, 3.8) is 0 Å². The van der Waals surface area contributed by atoms with Crippen molar-refractivity contribution in [1.29, 1.82) is 0 Å². The van der Waals surface area contributed by atoms with Gasteiger partial charge < -0.3 is 22.4 Å². The highest BCUT2D eigenvalue weighted by atomic mass is 35.5. The maximum Gasteiger partial charge on any atom is 0.314 e. The lowest BCUT2D eigenvalue weighted by Crippen LogP contribution is -3.11. The van der Waals surface area contributed by atoms with Gasteiger partial charge in [-0.3, -0.25) is 4.79 Å². The second-order valence-corrected chi connectivity index (χ2v) is 6.92. The number of halogens is 1. The molecular formula is C21H30ClNO2. The van der Waals surface area contributed by atoms with E-state index in [0.717, 1.165) is 36.0 Å². The molecule has 1 unspecified atom stereocenters. The summed E-state index contributed by atoms with van der Waals surface area (Å²) in [6.07, 6.45) is 0.658. The first-order chi connectivity index (χ1) is 11.5. The van der Waals surface area contributed by atoms with Crippen molar-refractivity contribution in [3.8, 4) is 0 Å². The summed E-state index contributed by atoms with van der Waals surface area (Å²) in [6, 6.07) is 14.2. The highest BCUT2D eigenvalue weighted by molar-refractivity contribution is 5.93. The summed E-state index contributed by atoms with van der Waals surface area (Å²) in [6.45, 7) is 11.3. The van der Waals surface area contributed by atoms with Gasteiger partial charge in [-0.1, -0.05) is 56.3 Å². The zero-order valence-corrected chi connectivity index (χ0v) is 16.4. The van der Waals surface area contributed by atoms with E-state index in [9.17, 15) is 9.90 Å². The van der Waals surface area contributed by atoms with E-state index < -0.39 is 11.4 Å². The molecule has 0 aromatic heterocycles. The quantitative estimate of drug-likeness (QED) is 0.700. The molecule has 4 heteroatoms. The van der Waals surface area contributed by atoms with Gasteiger partial charge in [0.1, 0.15) is 5.41 Å². The third-order valence-electron chi connectivity index (χ3n) is 5.51. The molecule has 3 nitrogen and oxygen atoms in total. The number of hydrogen-bond donors (Lipinski definition) is 2. The molecular weight excluding hydrogens is 334 g/mol. The van der Waals surface area contributed by atoms with Crippen molar-refractivity contribution in [1.82, 2.24) is 0 Å². The van der Waals surface area contributed by atoms with Crippen LogP contribution >= 0.6 is 0 Å². The third-order valence-corrected chi connectivity index (χ3v) is 5.51. The SMILES string of the molecule is CC[NH+](CC)CCC(C(=O)O)(c1cccc2ccccc12)C(C)C.[Cl-]. The highest BCUT2D eigenvalue weighted by Gasteiger charge is 2.44. The van der Waals surface area contributed by atoms with Crippen LogP contribution in [0.15, 0.2) is 42.5 Å². The van der Waals surface area contributed by atoms with Gasteiger partial charge in [-0.05, 0) is 36.1 Å². The van der Waals surface area contributed by atoms with Crippen LogP contribution in [0.1, 0.15) is 39.7 Å². The molecule has 0 heterocycles. The molecule has 0 amide bonds. The van der Waals surface area contributed by atoms with Gasteiger partial charge in [-0.25, -0.2) is 0 Å². The Morgan fingerprint density at radius 2 is 1.68 bits per heavy atom. The third kappa shape index (κ3) is 4.16. The molecule has 0 aliphatic rings. The molecule has 25 heavy (non-hydrogen) atoms. The van der Waals surface area contributed by atoms with Gasteiger partial charge in [0.05, 0.1) is 19.6 Å². The van der Waals surface area contributed by atoms with Crippen molar-refractivity contribution in [2.75, 3.05) is 19.6 Å². The Kier molecular flexibility index (Phi) is 7.91. The van der Waals surface area contributed by atoms with Crippen LogP contribution in [-0.4, -0.2) is 30.7 Å². The summed E-state index contributed by atoms with van der Waals surface area (Å²) in [5, 5.41) is 12.4. The maximum atomic E-state index is 12.5. The molecule has 2 rings (SSSR count). The van der Waals surface area contributed by atoms with Gasteiger partial charge in [0.15, 0.2) is 0 Å². The van der Waals surface area contributed by atoms with Gasteiger partial charge in [-0.2, -0.15) is 0 Å². The van der Waals surface area contributed by atoms with E-state index in [4.69, 9.17) is 0 Å². The minimum atomic E-state index is -0.851. The molecule has 0 saturated heterocycles. The average molecular weight is 364 g/mol. The molecule has 0 radical (unpaired) electrons. The second-order valence-electron chi connectivity index (χ2n) is 6.92. The summed E-state index contributed by atoms with van der Waals surface area (Å²) >= 11 is 0. The zero-order valence-electron chi connectivity index (χ0n) is 15.7. The predicted octanol–water partition coefficient (Wildman–Crippen LogP) is 0.137. The van der Waals surface area contributed by atoms with Gasteiger partial charge in [0, 0.05) is 6.42 Å². The Morgan fingerprint density at radius 1 is 1.08 bits per heavy atom. The van der Waals surface area contributed by atoms with Crippen LogP contribution in [-0.2, 0) is 10.2 Å². The van der Waals surface area contributed by atoms with E-state index in [0.29, 0.717) is 6.42 Å². The summed E-state index contributed by atoms with van der Waals surface area (Å²) in [5.74, 6) is -0.684. The maximum absolute atomic E-state index is 12.5. The first-order valence-corrected chi connectivity index (χ1v) is 9.02. The van der Waals surface area contributed by atoms with Crippen LogP contribution in [0.4, 0.5) is 0 Å². The number of quaternary nitrogens is 1. The van der Waals surface area contributed by atoms with Gasteiger partial charge in [0.2, 0.25) is 0 Å². The molecule has 2 aromatic carbocycles. The van der Waals surface area contributed by atoms with Crippen molar-refractivity contribution in [2.24, 2.45) is 5.92 Å². The molecule has 0 aliphatic carbocycles. The first kappa shape index (κ1) is 21.5. The Labute approximate surface area is 157 Å². The number of fused-ring (bicyclic) bond motifs is 1. The van der Waals surface area contributed by atoms with Gasteiger partial charge >= 0.3 is 5.97 Å². The lowest BCUT2D eigenvalue weighted by Gasteiger charge is -2.35. The largest absolute Gasteiger partial charge is 1.00 e. The zero-order chi connectivity index (χ0) is 17.7. The number of rotatable bonds is 8. The van der Waals surface area contributed by atoms with E-state index in [-0.39, 0.29) is 18.3 Å². The minimum absolute atomic E-state index is 0. The number of carboxylic acids is 1. The fraction of sp³-hybridized carbons (Fsp3) is 0.476. The fourth-order valence-corrected chi connectivity index (χ4v) is 3.80. The van der Waals surface area contributed by atoms with Crippen molar-refractivity contribution < 1.29 is 27.2 Å². The Balaban J connectivity index is 0.00000312. The fourth-order valence-electron chi connectivity index (χ4n) is 3.80. The van der Waals surface area contributed by atoms with Crippen LogP contribution in [0.5, 0.6) is 0 Å². The molecule has 0 saturated carbocycles. The van der Waals surface area contributed by atoms with E-state index in [2.05, 4.69) is 32.0 Å². The highest BCUT2D eigenvalue weighted by Crippen LogP contribution is 2.39. The number of hydrogen-bond acceptors (Lipinski definition) is 1. The van der Waals surface area contributed by atoms with E-state index in [1.807, 2.05) is 38.1 Å². The van der Waals surface area contributed by atoms with E-state index in [1.165, 1.54) is 4.90 Å². The van der Waals surface area contributed by atoms with Crippen molar-refractivity contribution >= 4 is 16.7 Å². The van der Waals surface area contributed by atoms with Crippen LogP contribution in [0.25, 0.3) is 10.8 Å². The average Bonchev–Trinajstić information content (AvgIpc) is 2.58. The number of nitrogens with one attached hydrogen (secondary N) is 1. The number of carboxylic acid groups (broad SMARTS) is 1. The lowest BCUT2D eigenvalue weighted by atomic mass is 9.68. The van der Waals surface area contributed by atoms with Crippen LogP contribution < -0.4 is 17.3 Å². The van der Waals surface area contributed by atoms with Crippen LogP contribution in [0.3, 0.4) is 0 Å². The number of aliphatic carboxylic acids is 1. The summed E-state index contributed by atoms with van der Waals surface area (Å²) in [5.41, 5.74) is 0.103. The van der Waals surface area contributed by atoms with Gasteiger partial charge in [0.25, 0.3) is 0 Å². The molecule has 138 valence electrons. The number of benzene rings is 2. The van der Waals surface area contributed by atoms with E-state index in [1.54, 1.807) is 0 Å². The minimum Gasteiger partial charge on any atom is -1.00 e. The standard InChI is InChI=1S/C21H29NO2.ClH/c1-5-22(6-2)15-14-21(16(3)4,20(23)24)19-13-9-11-17-10-7-8-12-18(17)19;/h7-13,16H,5-6,14-15H2,1-4H3,(H,23,24);1H. The number of carbonyl (C=O) groups is 1. The van der Waals surface area contributed by atoms with Crippen molar-refractivity contribution in [3.05, 3.63) is 48.0 Å². The topological polar surface area (TPSA) is 41.7 Å². The molecule has 2 N–H and O–H groups in total. The lowest BCUT2D eigenvalue weighted by molar-refractivity contribution is -0.897. The van der Waals surface area contributed by atoms with E-state index >= 15 is 0 Å². The normalized spacial score (nSPS) is 13.7. The summed E-state index contributed by atoms with van der Waals surface area (Å²) in [4.78, 5) is 13.9.